The van der Waals surface area contributed by atoms with Gasteiger partial charge >= 0.3 is 0 Å². The van der Waals surface area contributed by atoms with Crippen molar-refractivity contribution in [2.45, 2.75) is 0 Å². The fraction of sp³-hybridized carbons (Fsp3) is 0. The molecule has 2 aromatic carbocycles. The summed E-state index contributed by atoms with van der Waals surface area (Å²) in [6.45, 7) is 0. The van der Waals surface area contributed by atoms with Crippen molar-refractivity contribution >= 4 is 27.5 Å². The van der Waals surface area contributed by atoms with Crippen LogP contribution in [0.25, 0.3) is 21.8 Å². The van der Waals surface area contributed by atoms with Crippen LogP contribution in [0.2, 0.25) is 0 Å². The minimum Gasteiger partial charge on any atom is -0.353 e. The zero-order valence-corrected chi connectivity index (χ0v) is 12.3. The summed E-state index contributed by atoms with van der Waals surface area (Å²) < 4.78 is 0. The second-order valence-electron chi connectivity index (χ2n) is 4.94. The van der Waals surface area contributed by atoms with Crippen LogP contribution in [0.1, 0.15) is 0 Å². The third kappa shape index (κ3) is 2.33. The third-order valence-electron chi connectivity index (χ3n) is 3.59. The van der Waals surface area contributed by atoms with E-state index in [1.54, 1.807) is 54.6 Å². The molecule has 3 rings (SSSR count). The number of nitrogens with zero attached hydrogens (tertiary/aromatic N) is 3. The van der Waals surface area contributed by atoms with E-state index >= 15 is 0 Å². The molecule has 0 saturated carbocycles. The Labute approximate surface area is 136 Å². The fourth-order valence-corrected chi connectivity index (χ4v) is 2.47. The van der Waals surface area contributed by atoms with Gasteiger partial charge in [-0.15, -0.1) is 0 Å². The van der Waals surface area contributed by atoms with Crippen molar-refractivity contribution in [2.75, 3.05) is 5.32 Å². The number of hydrogen-bond donors (Lipinski definition) is 2. The van der Waals surface area contributed by atoms with E-state index in [-0.39, 0.29) is 16.7 Å². The maximum absolute atomic E-state index is 12.6. The van der Waals surface area contributed by atoms with Gasteiger partial charge in [-0.2, -0.15) is 15.8 Å². The summed E-state index contributed by atoms with van der Waals surface area (Å²) in [5.41, 5.74) is 0.983. The molecule has 0 saturated heterocycles. The van der Waals surface area contributed by atoms with Gasteiger partial charge in [0.1, 0.15) is 23.9 Å². The number of para-hydroxylation sites is 2. The Balaban J connectivity index is 2.30. The van der Waals surface area contributed by atoms with Crippen LogP contribution in [0.5, 0.6) is 0 Å². The molecule has 0 fully saturated rings. The van der Waals surface area contributed by atoms with Gasteiger partial charge in [-0.25, -0.2) is 0 Å². The Bertz CT molecular complexity index is 1170. The molecule has 0 aliphatic rings. The number of benzene rings is 2. The first-order valence-corrected chi connectivity index (χ1v) is 6.95. The Morgan fingerprint density at radius 2 is 1.62 bits per heavy atom. The maximum atomic E-state index is 12.6. The Morgan fingerprint density at radius 3 is 2.33 bits per heavy atom. The van der Waals surface area contributed by atoms with Crippen molar-refractivity contribution in [1.29, 1.82) is 15.8 Å². The number of hydrogen-bond acceptors (Lipinski definition) is 5. The van der Waals surface area contributed by atoms with Crippen LogP contribution in [0.4, 0.5) is 5.69 Å². The first-order valence-electron chi connectivity index (χ1n) is 6.95. The van der Waals surface area contributed by atoms with Gasteiger partial charge in [0.05, 0.1) is 11.2 Å². The van der Waals surface area contributed by atoms with E-state index in [1.165, 1.54) is 0 Å². The normalized spacial score (nSPS) is 9.71. The predicted molar refractivity (Wildman–Crippen MR) is 89.6 cm³/mol. The lowest BCUT2D eigenvalue weighted by Crippen LogP contribution is -2.07. The van der Waals surface area contributed by atoms with E-state index < -0.39 is 0 Å². The summed E-state index contributed by atoms with van der Waals surface area (Å²) in [5, 5.41) is 30.8. The molecule has 1 heterocycles. The van der Waals surface area contributed by atoms with Gasteiger partial charge < -0.3 is 10.3 Å². The molecule has 0 aliphatic heterocycles. The second kappa shape index (κ2) is 5.96. The highest BCUT2D eigenvalue weighted by molar-refractivity contribution is 5.98. The molecular formula is C18H9N5O. The number of pyridine rings is 1. The van der Waals surface area contributed by atoms with Crippen molar-refractivity contribution in [1.82, 2.24) is 4.98 Å². The predicted octanol–water partition coefficient (Wildman–Crippen LogP) is 2.92. The molecule has 0 atom stereocenters. The monoisotopic (exact) mass is 311 g/mol. The molecule has 0 amide bonds. The highest BCUT2D eigenvalue weighted by atomic mass is 16.1. The number of aromatic nitrogens is 1. The van der Waals surface area contributed by atoms with Gasteiger partial charge in [0, 0.05) is 16.3 Å². The zero-order chi connectivity index (χ0) is 17.1. The van der Waals surface area contributed by atoms with E-state index in [2.05, 4.69) is 10.3 Å². The molecule has 6 nitrogen and oxygen atoms in total. The largest absolute Gasteiger partial charge is 0.353 e. The summed E-state index contributed by atoms with van der Waals surface area (Å²) in [5.74, 6) is 0. The van der Waals surface area contributed by atoms with Gasteiger partial charge in [0.2, 0.25) is 0 Å². The molecule has 24 heavy (non-hydrogen) atoms. The summed E-state index contributed by atoms with van der Waals surface area (Å²) in [6, 6.07) is 17.3. The van der Waals surface area contributed by atoms with Crippen LogP contribution in [-0.2, 0) is 0 Å². The maximum Gasteiger partial charge on any atom is 0.197 e. The number of rotatable bonds is 2. The van der Waals surface area contributed by atoms with Gasteiger partial charge in [-0.3, -0.25) is 4.79 Å². The van der Waals surface area contributed by atoms with Crippen LogP contribution in [-0.4, -0.2) is 4.98 Å². The molecule has 0 spiro atoms. The average molecular weight is 311 g/mol. The highest BCUT2D eigenvalue weighted by Gasteiger charge is 2.11. The molecule has 0 bridgehead atoms. The molecule has 1 aromatic heterocycles. The van der Waals surface area contributed by atoms with Gasteiger partial charge in [-0.1, -0.05) is 18.2 Å². The average Bonchev–Trinajstić information content (AvgIpc) is 2.62. The Morgan fingerprint density at radius 1 is 0.917 bits per heavy atom. The van der Waals surface area contributed by atoms with Gasteiger partial charge in [-0.05, 0) is 24.3 Å². The SMILES string of the molecule is N#CC(C#N)=C(C#N)Nc1cccc2c(=O)c3ccccc3[nH]c12. The minimum absolute atomic E-state index is 0.133. The molecular weight excluding hydrogens is 302 g/mol. The van der Waals surface area contributed by atoms with Crippen molar-refractivity contribution in [3.8, 4) is 18.2 Å². The number of anilines is 1. The first kappa shape index (κ1) is 14.8. The number of fused-ring (bicyclic) bond motifs is 2. The van der Waals surface area contributed by atoms with Crippen LogP contribution in [0.15, 0.2) is 58.5 Å². The molecule has 0 unspecified atom stereocenters. The summed E-state index contributed by atoms with van der Waals surface area (Å²) in [7, 11) is 0. The Hall–Kier alpha value is -4.08. The fourth-order valence-electron chi connectivity index (χ4n) is 2.47. The van der Waals surface area contributed by atoms with Crippen molar-refractivity contribution in [2.24, 2.45) is 0 Å². The van der Waals surface area contributed by atoms with E-state index in [4.69, 9.17) is 10.5 Å². The Kier molecular flexibility index (Phi) is 3.69. The second-order valence-corrected chi connectivity index (χ2v) is 4.94. The minimum atomic E-state index is -0.322. The lowest BCUT2D eigenvalue weighted by molar-refractivity contribution is 1.37. The number of nitriles is 3. The highest BCUT2D eigenvalue weighted by Crippen LogP contribution is 2.23. The number of nitrogens with one attached hydrogen (secondary N) is 2. The first-order chi connectivity index (χ1) is 11.7. The topological polar surface area (TPSA) is 116 Å². The molecule has 6 heteroatoms. The van der Waals surface area contributed by atoms with Crippen LogP contribution < -0.4 is 10.7 Å². The summed E-state index contributed by atoms with van der Waals surface area (Å²) in [6.07, 6.45) is 0. The zero-order valence-electron chi connectivity index (χ0n) is 12.3. The number of H-pyrrole nitrogens is 1. The summed E-state index contributed by atoms with van der Waals surface area (Å²) >= 11 is 0. The molecule has 2 N–H and O–H groups in total. The standard InChI is InChI=1S/C18H9N5O/c19-8-11(9-20)16(10-21)22-15-7-3-5-13-17(15)23-14-6-2-1-4-12(14)18(13)24/h1-7,22H,(H,23,24). The van der Waals surface area contributed by atoms with Gasteiger partial charge in [0.25, 0.3) is 0 Å². The smallest absolute Gasteiger partial charge is 0.197 e. The lowest BCUT2D eigenvalue weighted by atomic mass is 10.1. The van der Waals surface area contributed by atoms with Crippen molar-refractivity contribution in [3.05, 3.63) is 64.0 Å². The van der Waals surface area contributed by atoms with E-state index in [0.29, 0.717) is 27.5 Å². The molecule has 3 aromatic rings. The van der Waals surface area contributed by atoms with E-state index in [9.17, 15) is 10.1 Å². The molecule has 0 aliphatic carbocycles. The number of allylic oxidation sites excluding steroid dienone is 2. The van der Waals surface area contributed by atoms with Crippen molar-refractivity contribution < 1.29 is 0 Å². The molecule has 112 valence electrons. The quantitative estimate of drug-likeness (QED) is 0.557. The van der Waals surface area contributed by atoms with Gasteiger partial charge in [0.15, 0.2) is 11.0 Å². The van der Waals surface area contributed by atoms with Crippen LogP contribution >= 0.6 is 0 Å². The van der Waals surface area contributed by atoms with E-state index in [1.807, 2.05) is 6.07 Å². The molecule has 0 radical (unpaired) electrons. The summed E-state index contributed by atoms with van der Waals surface area (Å²) in [4.78, 5) is 15.8. The van der Waals surface area contributed by atoms with E-state index in [0.717, 1.165) is 0 Å². The lowest BCUT2D eigenvalue weighted by Gasteiger charge is -2.10. The number of aromatic amines is 1. The van der Waals surface area contributed by atoms with Crippen LogP contribution in [0, 0.1) is 34.0 Å². The van der Waals surface area contributed by atoms with Crippen molar-refractivity contribution in [3.63, 3.8) is 0 Å². The third-order valence-corrected chi connectivity index (χ3v) is 3.59. The van der Waals surface area contributed by atoms with Crippen LogP contribution in [0.3, 0.4) is 0 Å².